The van der Waals surface area contributed by atoms with Crippen molar-refractivity contribution in [2.75, 3.05) is 26.3 Å². The van der Waals surface area contributed by atoms with Gasteiger partial charge in [0.2, 0.25) is 11.8 Å². The maximum atomic E-state index is 12.6. The molecule has 6 nitrogen and oxygen atoms in total. The van der Waals surface area contributed by atoms with Gasteiger partial charge < -0.3 is 19.3 Å². The van der Waals surface area contributed by atoms with Gasteiger partial charge in [-0.25, -0.2) is 0 Å². The minimum absolute atomic E-state index is 0.0385. The molecule has 6 heteroatoms. The van der Waals surface area contributed by atoms with Gasteiger partial charge in [-0.05, 0) is 18.6 Å². The molecule has 1 aromatic carbocycles. The lowest BCUT2D eigenvalue weighted by Gasteiger charge is -2.42. The fraction of sp³-hybridized carbons (Fsp3) is 0.556. The molecule has 3 aliphatic rings. The molecule has 24 heavy (non-hydrogen) atoms. The van der Waals surface area contributed by atoms with Gasteiger partial charge in [0.25, 0.3) is 0 Å². The third-order valence-electron chi connectivity index (χ3n) is 5.26. The van der Waals surface area contributed by atoms with Crippen LogP contribution in [0.1, 0.15) is 25.7 Å². The third-order valence-corrected chi connectivity index (χ3v) is 5.26. The predicted octanol–water partition coefficient (Wildman–Crippen LogP) is 1.41. The zero-order chi connectivity index (χ0) is 16.6. The Morgan fingerprint density at radius 2 is 2.12 bits per heavy atom. The summed E-state index contributed by atoms with van der Waals surface area (Å²) in [5.74, 6) is 0.912. The van der Waals surface area contributed by atoms with Gasteiger partial charge >= 0.3 is 0 Å². The first-order valence-electron chi connectivity index (χ1n) is 8.62. The van der Waals surface area contributed by atoms with Crippen molar-refractivity contribution in [2.45, 2.75) is 37.5 Å². The molecule has 2 amide bonds. The molecule has 3 fully saturated rings. The molecule has 0 aromatic heterocycles. The van der Waals surface area contributed by atoms with Gasteiger partial charge in [-0.15, -0.1) is 0 Å². The smallest absolute Gasteiger partial charge is 0.227 e. The molecule has 2 atom stereocenters. The lowest BCUT2D eigenvalue weighted by Crippen LogP contribution is -2.56. The quantitative estimate of drug-likeness (QED) is 0.837. The van der Waals surface area contributed by atoms with Crippen molar-refractivity contribution < 1.29 is 19.1 Å². The molecule has 0 saturated carbocycles. The van der Waals surface area contributed by atoms with Crippen LogP contribution in [0.4, 0.5) is 0 Å². The van der Waals surface area contributed by atoms with Crippen LogP contribution < -0.4 is 4.74 Å². The lowest BCUT2D eigenvalue weighted by atomic mass is 10.0. The van der Waals surface area contributed by atoms with Crippen LogP contribution >= 0.6 is 0 Å². The standard InChI is InChI=1S/C18H22N2O4/c21-16(7-12-23-14-5-2-1-3-6-14)19-10-8-18-15(19)13-17(22)20(18)9-4-11-24-18/h1-3,5-6,15H,4,7-13H2/t15-,18+/m1/s1. The maximum absolute atomic E-state index is 12.6. The maximum Gasteiger partial charge on any atom is 0.227 e. The Kier molecular flexibility index (Phi) is 3.92. The van der Waals surface area contributed by atoms with E-state index in [2.05, 4.69) is 0 Å². The summed E-state index contributed by atoms with van der Waals surface area (Å²) >= 11 is 0. The highest BCUT2D eigenvalue weighted by Crippen LogP contribution is 2.44. The van der Waals surface area contributed by atoms with Crippen LogP contribution in [-0.4, -0.2) is 59.7 Å². The number of benzene rings is 1. The van der Waals surface area contributed by atoms with Crippen molar-refractivity contribution in [3.63, 3.8) is 0 Å². The molecule has 0 aliphatic carbocycles. The summed E-state index contributed by atoms with van der Waals surface area (Å²) in [4.78, 5) is 28.6. The van der Waals surface area contributed by atoms with Gasteiger partial charge in [-0.1, -0.05) is 18.2 Å². The molecule has 3 heterocycles. The zero-order valence-corrected chi connectivity index (χ0v) is 13.6. The molecular weight excluding hydrogens is 308 g/mol. The molecular formula is C18H22N2O4. The van der Waals surface area contributed by atoms with Crippen LogP contribution in [-0.2, 0) is 14.3 Å². The average Bonchev–Trinajstić information content (AvgIpc) is 3.08. The second kappa shape index (κ2) is 6.09. The summed E-state index contributed by atoms with van der Waals surface area (Å²) < 4.78 is 11.6. The van der Waals surface area contributed by atoms with Gasteiger partial charge in [-0.3, -0.25) is 9.59 Å². The van der Waals surface area contributed by atoms with Crippen molar-refractivity contribution in [3.8, 4) is 5.75 Å². The van der Waals surface area contributed by atoms with Gasteiger partial charge in [-0.2, -0.15) is 0 Å². The van der Waals surface area contributed by atoms with E-state index < -0.39 is 5.72 Å². The van der Waals surface area contributed by atoms with E-state index >= 15 is 0 Å². The number of amides is 2. The minimum Gasteiger partial charge on any atom is -0.493 e. The number of likely N-dealkylation sites (tertiary alicyclic amines) is 1. The topological polar surface area (TPSA) is 59.1 Å². The van der Waals surface area contributed by atoms with E-state index in [4.69, 9.17) is 9.47 Å². The first-order valence-corrected chi connectivity index (χ1v) is 8.62. The van der Waals surface area contributed by atoms with Crippen LogP contribution in [0.15, 0.2) is 30.3 Å². The van der Waals surface area contributed by atoms with Crippen molar-refractivity contribution in [3.05, 3.63) is 30.3 Å². The molecule has 0 N–H and O–H groups in total. The summed E-state index contributed by atoms with van der Waals surface area (Å²) in [5.41, 5.74) is -0.564. The lowest BCUT2D eigenvalue weighted by molar-refractivity contribution is -0.181. The second-order valence-corrected chi connectivity index (χ2v) is 6.56. The molecule has 1 aromatic rings. The van der Waals surface area contributed by atoms with Crippen molar-refractivity contribution in [1.82, 2.24) is 9.80 Å². The number of hydrogen-bond acceptors (Lipinski definition) is 4. The Bertz CT molecular complexity index is 635. The van der Waals surface area contributed by atoms with Crippen molar-refractivity contribution in [1.29, 1.82) is 0 Å². The number of carbonyl (C=O) groups is 2. The monoisotopic (exact) mass is 330 g/mol. The number of carbonyl (C=O) groups excluding carboxylic acids is 2. The normalized spacial score (nSPS) is 28.7. The van der Waals surface area contributed by atoms with E-state index in [9.17, 15) is 9.59 Å². The number of hydrogen-bond donors (Lipinski definition) is 0. The highest BCUT2D eigenvalue weighted by atomic mass is 16.5. The Balaban J connectivity index is 1.38. The Morgan fingerprint density at radius 3 is 2.96 bits per heavy atom. The van der Waals surface area contributed by atoms with Crippen molar-refractivity contribution in [2.24, 2.45) is 0 Å². The highest BCUT2D eigenvalue weighted by molar-refractivity contribution is 5.84. The number of rotatable bonds is 4. The minimum atomic E-state index is -0.564. The van der Waals surface area contributed by atoms with Crippen molar-refractivity contribution >= 4 is 11.8 Å². The average molecular weight is 330 g/mol. The van der Waals surface area contributed by atoms with E-state index in [-0.39, 0.29) is 17.9 Å². The highest BCUT2D eigenvalue weighted by Gasteiger charge is 2.61. The largest absolute Gasteiger partial charge is 0.493 e. The van der Waals surface area contributed by atoms with Crippen LogP contribution in [0.5, 0.6) is 5.75 Å². The second-order valence-electron chi connectivity index (χ2n) is 6.56. The third kappa shape index (κ3) is 2.45. The van der Waals surface area contributed by atoms with Gasteiger partial charge in [0, 0.05) is 19.5 Å². The van der Waals surface area contributed by atoms with E-state index in [0.717, 1.165) is 18.7 Å². The summed E-state index contributed by atoms with van der Waals surface area (Å²) in [6.07, 6.45) is 2.29. The van der Waals surface area contributed by atoms with Crippen LogP contribution in [0, 0.1) is 0 Å². The fourth-order valence-electron chi connectivity index (χ4n) is 4.16. The predicted molar refractivity (Wildman–Crippen MR) is 86.3 cm³/mol. The van der Waals surface area contributed by atoms with E-state index in [1.54, 1.807) is 0 Å². The molecule has 0 radical (unpaired) electrons. The van der Waals surface area contributed by atoms with Crippen LogP contribution in [0.2, 0.25) is 0 Å². The Hall–Kier alpha value is -2.08. The fourth-order valence-corrected chi connectivity index (χ4v) is 4.16. The SMILES string of the molecule is O=C(CCOc1ccccc1)N1CC[C@@]23OCCCN2C(=O)C[C@@H]13. The summed E-state index contributed by atoms with van der Waals surface area (Å²) in [6.45, 7) is 2.41. The first kappa shape index (κ1) is 15.4. The number of para-hydroxylation sites is 1. The van der Waals surface area contributed by atoms with Gasteiger partial charge in [0.05, 0.1) is 32.1 Å². The van der Waals surface area contributed by atoms with E-state index in [1.807, 2.05) is 40.1 Å². The number of nitrogens with zero attached hydrogens (tertiary/aromatic N) is 2. The van der Waals surface area contributed by atoms with Gasteiger partial charge in [0.15, 0.2) is 5.72 Å². The molecule has 1 spiro atoms. The Labute approximate surface area is 141 Å². The molecule has 3 aliphatic heterocycles. The van der Waals surface area contributed by atoms with Crippen LogP contribution in [0.3, 0.4) is 0 Å². The van der Waals surface area contributed by atoms with E-state index in [1.165, 1.54) is 0 Å². The van der Waals surface area contributed by atoms with E-state index in [0.29, 0.717) is 39.0 Å². The molecule has 128 valence electrons. The summed E-state index contributed by atoms with van der Waals surface area (Å²) in [7, 11) is 0. The Morgan fingerprint density at radius 1 is 1.29 bits per heavy atom. The van der Waals surface area contributed by atoms with Crippen LogP contribution in [0.25, 0.3) is 0 Å². The molecule has 3 saturated heterocycles. The number of ether oxygens (including phenoxy) is 2. The summed E-state index contributed by atoms with van der Waals surface area (Å²) in [6, 6.07) is 9.34. The molecule has 0 bridgehead atoms. The van der Waals surface area contributed by atoms with Gasteiger partial charge in [0.1, 0.15) is 5.75 Å². The summed E-state index contributed by atoms with van der Waals surface area (Å²) in [5, 5.41) is 0. The molecule has 0 unspecified atom stereocenters. The molecule has 4 rings (SSSR count). The first-order chi connectivity index (χ1) is 11.7. The zero-order valence-electron chi connectivity index (χ0n) is 13.6.